The van der Waals surface area contributed by atoms with Crippen LogP contribution in [-0.2, 0) is 9.47 Å². The lowest BCUT2D eigenvalue weighted by molar-refractivity contribution is 0.0476. The molecule has 0 aliphatic carbocycles. The summed E-state index contributed by atoms with van der Waals surface area (Å²) in [6, 6.07) is 3.11. The van der Waals surface area contributed by atoms with E-state index in [-0.39, 0.29) is 12.7 Å². The van der Waals surface area contributed by atoms with Crippen LogP contribution in [0, 0.1) is 0 Å². The van der Waals surface area contributed by atoms with E-state index in [0.717, 1.165) is 0 Å². The topological polar surface area (TPSA) is 66.5 Å². The van der Waals surface area contributed by atoms with Crippen molar-refractivity contribution in [3.63, 3.8) is 0 Å². The predicted octanol–water partition coefficient (Wildman–Crippen LogP) is 1.27. The van der Waals surface area contributed by atoms with Gasteiger partial charge in [-0.1, -0.05) is 0 Å². The van der Waals surface area contributed by atoms with E-state index in [1.807, 2.05) is 0 Å². The molecule has 0 bridgehead atoms. The molecule has 1 heterocycles. The third kappa shape index (κ3) is 3.08. The largest absolute Gasteiger partial charge is 0.493 e. The lowest BCUT2D eigenvalue weighted by Crippen LogP contribution is -2.10. The molecule has 1 saturated heterocycles. The molecule has 1 aromatic rings. The normalized spacial score (nSPS) is 16.7. The standard InChI is InChI=1S/C13H16O6/c1-15-10-4-8(5-11(16-2)12(10)17-3)13(14)19-7-9-6-18-9/h4-5,9H,6-7H2,1-3H3. The molecule has 1 aliphatic rings. The summed E-state index contributed by atoms with van der Waals surface area (Å²) >= 11 is 0. The Hall–Kier alpha value is -1.95. The number of methoxy groups -OCH3 is 3. The molecule has 1 unspecified atom stereocenters. The van der Waals surface area contributed by atoms with E-state index in [9.17, 15) is 4.79 Å². The summed E-state index contributed by atoms with van der Waals surface area (Å²) < 4.78 is 25.6. The summed E-state index contributed by atoms with van der Waals surface area (Å²) in [5.74, 6) is 0.815. The molecule has 0 amide bonds. The lowest BCUT2D eigenvalue weighted by Gasteiger charge is -2.13. The first-order valence-corrected chi connectivity index (χ1v) is 5.78. The molecule has 0 N–H and O–H groups in total. The molecule has 2 rings (SSSR count). The molecule has 1 fully saturated rings. The second-order valence-electron chi connectivity index (χ2n) is 3.97. The molecule has 1 atom stereocenters. The number of epoxide rings is 1. The third-order valence-electron chi connectivity index (χ3n) is 2.70. The van der Waals surface area contributed by atoms with E-state index in [2.05, 4.69) is 0 Å². The van der Waals surface area contributed by atoms with Gasteiger partial charge in [0.15, 0.2) is 11.5 Å². The van der Waals surface area contributed by atoms with Gasteiger partial charge in [-0.2, -0.15) is 0 Å². The van der Waals surface area contributed by atoms with Gasteiger partial charge >= 0.3 is 5.97 Å². The summed E-state index contributed by atoms with van der Waals surface area (Å²) in [6.45, 7) is 0.901. The summed E-state index contributed by atoms with van der Waals surface area (Å²) in [6.07, 6.45) is 0.0333. The van der Waals surface area contributed by atoms with Crippen molar-refractivity contribution in [3.8, 4) is 17.2 Å². The molecule has 0 aromatic heterocycles. The minimum atomic E-state index is -0.449. The average Bonchev–Trinajstić information content (AvgIpc) is 3.27. The molecule has 1 aromatic carbocycles. The zero-order chi connectivity index (χ0) is 13.8. The first-order chi connectivity index (χ1) is 9.19. The van der Waals surface area contributed by atoms with Crippen LogP contribution in [0.2, 0.25) is 0 Å². The van der Waals surface area contributed by atoms with Crippen LogP contribution in [0.3, 0.4) is 0 Å². The van der Waals surface area contributed by atoms with Crippen molar-refractivity contribution >= 4 is 5.97 Å². The Morgan fingerprint density at radius 1 is 1.21 bits per heavy atom. The van der Waals surface area contributed by atoms with Crippen molar-refractivity contribution < 1.29 is 28.5 Å². The van der Waals surface area contributed by atoms with Crippen molar-refractivity contribution in [2.24, 2.45) is 0 Å². The van der Waals surface area contributed by atoms with Gasteiger partial charge in [-0.05, 0) is 12.1 Å². The van der Waals surface area contributed by atoms with Gasteiger partial charge in [0.05, 0.1) is 33.5 Å². The maximum Gasteiger partial charge on any atom is 0.338 e. The average molecular weight is 268 g/mol. The highest BCUT2D eigenvalue weighted by Gasteiger charge is 2.25. The molecule has 104 valence electrons. The van der Waals surface area contributed by atoms with Crippen molar-refractivity contribution in [1.82, 2.24) is 0 Å². The number of rotatable bonds is 6. The predicted molar refractivity (Wildman–Crippen MR) is 66.1 cm³/mol. The summed E-state index contributed by atoms with van der Waals surface area (Å²) in [5, 5.41) is 0. The Balaban J connectivity index is 2.21. The fraction of sp³-hybridized carbons (Fsp3) is 0.462. The highest BCUT2D eigenvalue weighted by atomic mass is 16.6. The second-order valence-corrected chi connectivity index (χ2v) is 3.97. The van der Waals surface area contributed by atoms with Crippen LogP contribution < -0.4 is 14.2 Å². The van der Waals surface area contributed by atoms with Crippen LogP contribution in [0.4, 0.5) is 0 Å². The minimum Gasteiger partial charge on any atom is -0.493 e. The van der Waals surface area contributed by atoms with Crippen molar-refractivity contribution in [2.45, 2.75) is 6.10 Å². The summed E-state index contributed by atoms with van der Waals surface area (Å²) in [7, 11) is 4.48. The van der Waals surface area contributed by atoms with Gasteiger partial charge in [0.2, 0.25) is 5.75 Å². The molecule has 6 heteroatoms. The molecule has 6 nitrogen and oxygen atoms in total. The van der Waals surface area contributed by atoms with E-state index in [1.165, 1.54) is 21.3 Å². The van der Waals surface area contributed by atoms with E-state index in [4.69, 9.17) is 23.7 Å². The van der Waals surface area contributed by atoms with Gasteiger partial charge in [-0.3, -0.25) is 0 Å². The van der Waals surface area contributed by atoms with Crippen molar-refractivity contribution in [2.75, 3.05) is 34.5 Å². The number of esters is 1. The molecule has 0 spiro atoms. The van der Waals surface area contributed by atoms with Crippen LogP contribution in [0.15, 0.2) is 12.1 Å². The summed E-state index contributed by atoms with van der Waals surface area (Å²) in [4.78, 5) is 11.9. The minimum absolute atomic E-state index is 0.0333. The number of carbonyl (C=O) groups is 1. The summed E-state index contributed by atoms with van der Waals surface area (Å²) in [5.41, 5.74) is 0.343. The first-order valence-electron chi connectivity index (χ1n) is 5.78. The Bertz CT molecular complexity index is 441. The van der Waals surface area contributed by atoms with Gasteiger partial charge in [0.25, 0.3) is 0 Å². The van der Waals surface area contributed by atoms with Crippen LogP contribution in [0.25, 0.3) is 0 Å². The molecule has 1 aliphatic heterocycles. The van der Waals surface area contributed by atoms with Crippen LogP contribution in [0.5, 0.6) is 17.2 Å². The van der Waals surface area contributed by atoms with E-state index < -0.39 is 5.97 Å². The molecular weight excluding hydrogens is 252 g/mol. The van der Waals surface area contributed by atoms with Gasteiger partial charge in [-0.15, -0.1) is 0 Å². The van der Waals surface area contributed by atoms with E-state index in [1.54, 1.807) is 12.1 Å². The number of hydrogen-bond donors (Lipinski definition) is 0. The smallest absolute Gasteiger partial charge is 0.338 e. The monoisotopic (exact) mass is 268 g/mol. The van der Waals surface area contributed by atoms with E-state index in [0.29, 0.717) is 29.4 Å². The van der Waals surface area contributed by atoms with Crippen molar-refractivity contribution in [1.29, 1.82) is 0 Å². The maximum atomic E-state index is 11.9. The SMILES string of the molecule is COc1cc(C(=O)OCC2CO2)cc(OC)c1OC. The Kier molecular flexibility index (Phi) is 4.11. The maximum absolute atomic E-state index is 11.9. The highest BCUT2D eigenvalue weighted by molar-refractivity contribution is 5.91. The van der Waals surface area contributed by atoms with Crippen molar-refractivity contribution in [3.05, 3.63) is 17.7 Å². The Morgan fingerprint density at radius 2 is 1.79 bits per heavy atom. The third-order valence-corrected chi connectivity index (χ3v) is 2.70. The molecular formula is C13H16O6. The zero-order valence-electron chi connectivity index (χ0n) is 11.1. The van der Waals surface area contributed by atoms with Gasteiger partial charge in [0.1, 0.15) is 12.7 Å². The second kappa shape index (κ2) is 5.79. The number of ether oxygens (including phenoxy) is 5. The number of hydrogen-bond acceptors (Lipinski definition) is 6. The molecule has 0 saturated carbocycles. The fourth-order valence-electron chi connectivity index (χ4n) is 1.62. The number of benzene rings is 1. The first kappa shape index (κ1) is 13.5. The van der Waals surface area contributed by atoms with E-state index >= 15 is 0 Å². The van der Waals surface area contributed by atoms with Gasteiger partial charge in [-0.25, -0.2) is 4.79 Å². The van der Waals surface area contributed by atoms with Gasteiger partial charge < -0.3 is 23.7 Å². The van der Waals surface area contributed by atoms with Gasteiger partial charge in [0, 0.05) is 0 Å². The highest BCUT2D eigenvalue weighted by Crippen LogP contribution is 2.38. The Morgan fingerprint density at radius 3 is 2.21 bits per heavy atom. The molecule has 19 heavy (non-hydrogen) atoms. The van der Waals surface area contributed by atoms with Crippen LogP contribution >= 0.6 is 0 Å². The van der Waals surface area contributed by atoms with Crippen LogP contribution in [-0.4, -0.2) is 46.6 Å². The number of carbonyl (C=O) groups excluding carboxylic acids is 1. The lowest BCUT2D eigenvalue weighted by atomic mass is 10.2. The molecule has 0 radical (unpaired) electrons. The Labute approximate surface area is 111 Å². The van der Waals surface area contributed by atoms with Crippen LogP contribution in [0.1, 0.15) is 10.4 Å². The quantitative estimate of drug-likeness (QED) is 0.571. The fourth-order valence-corrected chi connectivity index (χ4v) is 1.62. The zero-order valence-corrected chi connectivity index (χ0v) is 11.1.